The van der Waals surface area contributed by atoms with Crippen LogP contribution in [0.25, 0.3) is 0 Å². The fourth-order valence-corrected chi connectivity index (χ4v) is 9.31. The number of esters is 1. The van der Waals surface area contributed by atoms with Crippen LogP contribution in [0, 0.1) is 38.9 Å². The maximum atomic E-state index is 13.1. The number of hydrogen-bond acceptors (Lipinski definition) is 11. The number of aliphatic carboxylic acids is 1. The number of alkyl halides is 1. The summed E-state index contributed by atoms with van der Waals surface area (Å²) < 4.78 is 5.42. The van der Waals surface area contributed by atoms with Gasteiger partial charge in [0.2, 0.25) is 6.10 Å². The number of aliphatic hydroxyl groups is 3. The van der Waals surface area contributed by atoms with E-state index in [1.807, 2.05) is 18.3 Å². The van der Waals surface area contributed by atoms with E-state index in [9.17, 15) is 49.3 Å². The van der Waals surface area contributed by atoms with Gasteiger partial charge in [-0.05, 0) is 79.6 Å². The van der Waals surface area contributed by atoms with E-state index in [-0.39, 0.29) is 35.8 Å². The van der Waals surface area contributed by atoms with Crippen molar-refractivity contribution in [3.05, 3.63) is 16.6 Å². The van der Waals surface area contributed by atoms with Crippen LogP contribution in [0.3, 0.4) is 0 Å². The fraction of sp³-hybridized carbons (Fsp3) is 0.774. The predicted molar refractivity (Wildman–Crippen MR) is 162 cm³/mol. The molecule has 15 heteroatoms. The molecule has 256 valence electrons. The molecule has 14 nitrogen and oxygen atoms in total. The second-order valence-corrected chi connectivity index (χ2v) is 14.3. The summed E-state index contributed by atoms with van der Waals surface area (Å²) in [5.41, 5.74) is -0.454. The van der Waals surface area contributed by atoms with Crippen LogP contribution in [0.2, 0.25) is 0 Å². The summed E-state index contributed by atoms with van der Waals surface area (Å²) >= 11 is 5.49. The van der Waals surface area contributed by atoms with Crippen LogP contribution in [0.15, 0.2) is 16.9 Å². The van der Waals surface area contributed by atoms with E-state index in [1.54, 1.807) is 6.92 Å². The number of urea groups is 1. The Labute approximate surface area is 271 Å². The van der Waals surface area contributed by atoms with Gasteiger partial charge in [0.05, 0.1) is 11.8 Å². The molecule has 5 N–H and O–H groups in total. The quantitative estimate of drug-likeness (QED) is 0.0666. The van der Waals surface area contributed by atoms with Gasteiger partial charge in [0, 0.05) is 17.7 Å². The summed E-state index contributed by atoms with van der Waals surface area (Å²) in [5, 5.41) is 46.7. The highest BCUT2D eigenvalue weighted by atomic mass is 35.5. The average molecular weight is 670 g/mol. The van der Waals surface area contributed by atoms with Crippen LogP contribution >= 0.6 is 11.6 Å². The van der Waals surface area contributed by atoms with Crippen molar-refractivity contribution < 1.29 is 49.1 Å². The van der Waals surface area contributed by atoms with Gasteiger partial charge >= 0.3 is 18.0 Å². The first-order valence-electron chi connectivity index (χ1n) is 15.7. The van der Waals surface area contributed by atoms with E-state index in [0.717, 1.165) is 25.7 Å². The molecule has 11 atom stereocenters. The molecule has 0 spiro atoms. The van der Waals surface area contributed by atoms with Gasteiger partial charge in [0.15, 0.2) is 11.9 Å². The number of amides is 2. The van der Waals surface area contributed by atoms with Gasteiger partial charge in [-0.2, -0.15) is 5.01 Å². The van der Waals surface area contributed by atoms with E-state index in [4.69, 9.17) is 16.3 Å². The maximum absolute atomic E-state index is 13.1. The Bertz CT molecular complexity index is 1280. The number of ketones is 1. The van der Waals surface area contributed by atoms with Gasteiger partial charge in [0.1, 0.15) is 24.5 Å². The van der Waals surface area contributed by atoms with Gasteiger partial charge in [-0.25, -0.2) is 14.4 Å². The molecule has 3 saturated carbocycles. The Balaban J connectivity index is 1.49. The number of aliphatic hydroxyl groups excluding tert-OH is 3. The smallest absolute Gasteiger partial charge is 0.345 e. The zero-order valence-electron chi connectivity index (χ0n) is 26.3. The van der Waals surface area contributed by atoms with Crippen molar-refractivity contribution in [3.8, 4) is 0 Å². The molecular formula is C31H44ClN3O11. The number of fused-ring (bicyclic) bond motifs is 5. The summed E-state index contributed by atoms with van der Waals surface area (Å²) in [7, 11) is 0. The minimum Gasteiger partial charge on any atom is -0.478 e. The van der Waals surface area contributed by atoms with Gasteiger partial charge < -0.3 is 35.3 Å². The van der Waals surface area contributed by atoms with Gasteiger partial charge in [-0.15, -0.1) is 16.5 Å². The SMILES string of the molecule is C[C@]12CCC(=O)C=C1CC[C@@H]1[C@@H]2CC[C@@]2(C)[C@H]1CC[C@]2(C)[C@H](OC(=O)[C@@H](O)[C@@H](O)[C@H](O)[C@H](C=O)NC(=O)N(CCCl)N=O)C(=O)O. The van der Waals surface area contributed by atoms with E-state index >= 15 is 0 Å². The number of carboxylic acids is 1. The number of allylic oxidation sites excluding steroid dienone is 1. The molecule has 0 aromatic carbocycles. The predicted octanol–water partition coefficient (Wildman–Crippen LogP) is 2.10. The number of ether oxygens (including phenoxy) is 1. The Morgan fingerprint density at radius 3 is 2.37 bits per heavy atom. The first-order valence-corrected chi connectivity index (χ1v) is 16.3. The number of nitrogens with one attached hydrogen (secondary N) is 1. The highest BCUT2D eigenvalue weighted by Gasteiger charge is 2.66. The maximum Gasteiger partial charge on any atom is 0.345 e. The van der Waals surface area contributed by atoms with Crippen LogP contribution < -0.4 is 5.32 Å². The van der Waals surface area contributed by atoms with Gasteiger partial charge in [-0.1, -0.05) is 26.3 Å². The lowest BCUT2D eigenvalue weighted by Gasteiger charge is -2.60. The summed E-state index contributed by atoms with van der Waals surface area (Å²) in [4.78, 5) is 72.6. The minimum absolute atomic E-state index is 0.0140. The molecule has 0 unspecified atom stereocenters. The summed E-state index contributed by atoms with van der Waals surface area (Å²) in [6.45, 7) is 5.73. The Morgan fingerprint density at radius 1 is 1.09 bits per heavy atom. The lowest BCUT2D eigenvalue weighted by Crippen LogP contribution is -2.58. The summed E-state index contributed by atoms with van der Waals surface area (Å²) in [6.07, 6.45) is -1.31. The second-order valence-electron chi connectivity index (χ2n) is 14.0. The molecule has 0 heterocycles. The van der Waals surface area contributed by atoms with E-state index in [1.165, 1.54) is 5.57 Å². The zero-order chi connectivity index (χ0) is 34.2. The second kappa shape index (κ2) is 13.7. The number of halogens is 1. The standard InChI is InChI=1S/C31H44ClN3O11/c1-29-9-6-17(37)14-16(29)4-5-18-19(29)7-10-30(2)20(18)8-11-31(30,3)25(26(41)42)46-27(43)24(40)23(39)22(38)21(15-36)33-28(44)35(34-45)13-12-32/h14-15,18-25,38-40H,4-13H2,1-3H3,(H,33,44)(H,41,42)/t18-,19+,20+,21+,22-,23+,24+,25-,29+,30+,31-/m1/s1. The number of carbonyl (C=O) groups excluding carboxylic acids is 4. The third-order valence-corrected chi connectivity index (χ3v) is 12.2. The number of nitroso groups, excluding NO2 is 1. The molecule has 0 bridgehead atoms. The molecular weight excluding hydrogens is 626 g/mol. The van der Waals surface area contributed by atoms with E-state index in [0.29, 0.717) is 42.5 Å². The Kier molecular flexibility index (Phi) is 10.7. The number of nitrogens with zero attached hydrogens (tertiary/aromatic N) is 2. The largest absolute Gasteiger partial charge is 0.478 e. The van der Waals surface area contributed by atoms with E-state index in [2.05, 4.69) is 12.2 Å². The first kappa shape index (κ1) is 35.9. The first-order chi connectivity index (χ1) is 21.6. The highest BCUT2D eigenvalue weighted by molar-refractivity contribution is 6.18. The minimum atomic E-state index is -2.49. The lowest BCUT2D eigenvalue weighted by molar-refractivity contribution is -0.196. The lowest BCUT2D eigenvalue weighted by atomic mass is 9.45. The van der Waals surface area contributed by atoms with Crippen molar-refractivity contribution in [1.82, 2.24) is 10.3 Å². The van der Waals surface area contributed by atoms with Gasteiger partial charge in [-0.3, -0.25) is 4.79 Å². The molecule has 2 amide bonds. The topological polar surface area (TPSA) is 220 Å². The Morgan fingerprint density at radius 2 is 1.76 bits per heavy atom. The number of aldehydes is 1. The summed E-state index contributed by atoms with van der Waals surface area (Å²) in [5.74, 6) is -2.17. The fourth-order valence-electron chi connectivity index (χ4n) is 9.15. The molecule has 0 aliphatic heterocycles. The number of hydrogen-bond donors (Lipinski definition) is 5. The van der Waals surface area contributed by atoms with Crippen molar-refractivity contribution in [2.75, 3.05) is 12.4 Å². The molecule has 0 saturated heterocycles. The van der Waals surface area contributed by atoms with Crippen molar-refractivity contribution in [3.63, 3.8) is 0 Å². The molecule has 0 radical (unpaired) electrons. The summed E-state index contributed by atoms with van der Waals surface area (Å²) in [6, 6.07) is -3.12. The monoisotopic (exact) mass is 669 g/mol. The van der Waals surface area contributed by atoms with Crippen LogP contribution in [0.4, 0.5) is 4.79 Å². The van der Waals surface area contributed by atoms with Crippen LogP contribution in [0.1, 0.15) is 72.1 Å². The number of rotatable bonds is 12. The molecule has 4 rings (SSSR count). The Hall–Kier alpha value is -2.94. The van der Waals surface area contributed by atoms with Crippen LogP contribution in [0.5, 0.6) is 0 Å². The van der Waals surface area contributed by atoms with Crippen molar-refractivity contribution >= 4 is 41.6 Å². The number of carboxylic acid groups (broad SMARTS) is 1. The van der Waals surface area contributed by atoms with Crippen molar-refractivity contribution in [2.24, 2.45) is 39.3 Å². The van der Waals surface area contributed by atoms with Gasteiger partial charge in [0.25, 0.3) is 0 Å². The van der Waals surface area contributed by atoms with Crippen LogP contribution in [-0.4, -0.2) is 98.4 Å². The number of carbonyl (C=O) groups is 5. The molecule has 0 aromatic heterocycles. The third-order valence-electron chi connectivity index (χ3n) is 12.0. The molecule has 46 heavy (non-hydrogen) atoms. The highest BCUT2D eigenvalue weighted by Crippen LogP contribution is 2.70. The molecule has 4 aliphatic carbocycles. The van der Waals surface area contributed by atoms with Crippen molar-refractivity contribution in [2.45, 2.75) is 103 Å². The van der Waals surface area contributed by atoms with E-state index < -0.39 is 59.3 Å². The zero-order valence-corrected chi connectivity index (χ0v) is 27.0. The third kappa shape index (κ3) is 6.09. The molecule has 0 aromatic rings. The molecule has 3 fully saturated rings. The van der Waals surface area contributed by atoms with Crippen LogP contribution in [-0.2, 0) is 23.9 Å². The average Bonchev–Trinajstić information content (AvgIpc) is 3.30. The van der Waals surface area contributed by atoms with Crippen molar-refractivity contribution in [1.29, 1.82) is 0 Å². The molecule has 4 aliphatic rings. The normalized spacial score (nSPS) is 35.1.